The van der Waals surface area contributed by atoms with Crippen LogP contribution in [0.3, 0.4) is 0 Å². The molecule has 8 aromatic carbocycles. The Morgan fingerprint density at radius 1 is 0.414 bits per heavy atom. The molecule has 0 amide bonds. The van der Waals surface area contributed by atoms with Gasteiger partial charge in [0.15, 0.2) is 11.6 Å². The van der Waals surface area contributed by atoms with Crippen molar-refractivity contribution >= 4 is 51.1 Å². The average Bonchev–Trinajstić information content (AvgIpc) is 3.64. The summed E-state index contributed by atoms with van der Waals surface area (Å²) in [5, 5.41) is 3.82. The van der Waals surface area contributed by atoms with E-state index in [1.807, 2.05) is 140 Å². The van der Waals surface area contributed by atoms with Gasteiger partial charge in [0.1, 0.15) is 0 Å². The molecule has 1 atom stereocenters. The van der Waals surface area contributed by atoms with E-state index in [1.165, 1.54) is 0 Å². The maximum atomic E-state index is 15.8. The summed E-state index contributed by atoms with van der Waals surface area (Å²) >= 11 is 0. The average molecular weight is 764 g/mol. The van der Waals surface area contributed by atoms with E-state index >= 15 is 4.57 Å². The topological polar surface area (TPSA) is 63.9 Å². The molecule has 1 unspecified atom stereocenters. The van der Waals surface area contributed by atoms with Crippen molar-refractivity contribution in [1.82, 2.24) is 19.5 Å². The summed E-state index contributed by atoms with van der Waals surface area (Å²) in [4.78, 5) is 15.1. The minimum absolute atomic E-state index is 0.556. The first kappa shape index (κ1) is 33.9. The summed E-state index contributed by atoms with van der Waals surface area (Å²) in [6, 6.07) is 69.9. The number of rotatable bonds is 6. The summed E-state index contributed by atoms with van der Waals surface area (Å²) in [5.41, 5.74) is 9.80. The number of fused-ring (bicyclic) bond motifs is 6. The van der Waals surface area contributed by atoms with Gasteiger partial charge in [-0.05, 0) is 77.4 Å². The maximum absolute atomic E-state index is 15.8. The molecule has 58 heavy (non-hydrogen) atoms. The number of hydrogen-bond acceptors (Lipinski definition) is 4. The standard InChI is InChI=1S/C51H34N5OP/c57-58(40-23-11-4-12-24-40)48-28-16-14-26-42(48)44-34-38(30-32-47(44)56(58)39-21-9-3-10-22-39)37-29-31-46-43(33-37)41-25-13-15-27-45(41)55(46)51-53-49(35-17-5-1-6-18-35)52-50(54-51)36-19-7-2-8-20-36/h1-34H. The zero-order chi connectivity index (χ0) is 38.6. The predicted molar refractivity (Wildman–Crippen MR) is 238 cm³/mol. The highest BCUT2D eigenvalue weighted by molar-refractivity contribution is 7.80. The molecule has 10 aromatic rings. The third-order valence-corrected chi connectivity index (χ3v) is 14.1. The van der Waals surface area contributed by atoms with Gasteiger partial charge in [-0.1, -0.05) is 146 Å². The van der Waals surface area contributed by atoms with Crippen LogP contribution in [0.15, 0.2) is 206 Å². The zero-order valence-electron chi connectivity index (χ0n) is 31.2. The molecule has 3 heterocycles. The number of benzene rings is 8. The Bertz CT molecular complexity index is 3150. The Balaban J connectivity index is 1.10. The van der Waals surface area contributed by atoms with Gasteiger partial charge >= 0.3 is 0 Å². The second kappa shape index (κ2) is 13.7. The molecule has 7 heteroatoms. The largest absolute Gasteiger partial charge is 0.289 e. The summed E-state index contributed by atoms with van der Waals surface area (Å²) in [5.74, 6) is 1.78. The van der Waals surface area contributed by atoms with Crippen LogP contribution >= 0.6 is 7.29 Å². The van der Waals surface area contributed by atoms with Gasteiger partial charge < -0.3 is 0 Å². The molecular weight excluding hydrogens is 730 g/mol. The van der Waals surface area contributed by atoms with Crippen LogP contribution in [0, 0.1) is 0 Å². The third kappa shape index (κ3) is 5.42. The van der Waals surface area contributed by atoms with Crippen LogP contribution < -0.4 is 15.3 Å². The van der Waals surface area contributed by atoms with E-state index < -0.39 is 7.29 Å². The smallest absolute Gasteiger partial charge is 0.238 e. The molecule has 11 rings (SSSR count). The number of nitrogens with zero attached hydrogens (tertiary/aromatic N) is 5. The lowest BCUT2D eigenvalue weighted by atomic mass is 9.96. The molecule has 0 fully saturated rings. The van der Waals surface area contributed by atoms with Crippen LogP contribution in [0.2, 0.25) is 0 Å². The van der Waals surface area contributed by atoms with Gasteiger partial charge in [0.05, 0.1) is 16.7 Å². The maximum Gasteiger partial charge on any atom is 0.238 e. The van der Waals surface area contributed by atoms with E-state index in [-0.39, 0.29) is 0 Å². The van der Waals surface area contributed by atoms with E-state index in [4.69, 9.17) is 15.0 Å². The van der Waals surface area contributed by atoms with Crippen molar-refractivity contribution in [1.29, 1.82) is 0 Å². The first-order chi connectivity index (χ1) is 28.6. The Kier molecular flexibility index (Phi) is 7.98. The van der Waals surface area contributed by atoms with Crippen LogP contribution in [0.4, 0.5) is 11.4 Å². The van der Waals surface area contributed by atoms with E-state index in [1.54, 1.807) is 0 Å². The minimum atomic E-state index is -3.33. The highest BCUT2D eigenvalue weighted by atomic mass is 31.2. The van der Waals surface area contributed by atoms with E-state index in [2.05, 4.69) is 76.0 Å². The Hall–Kier alpha value is -7.40. The molecule has 6 nitrogen and oxygen atoms in total. The summed E-state index contributed by atoms with van der Waals surface area (Å²) in [6.07, 6.45) is 0. The fraction of sp³-hybridized carbons (Fsp3) is 0. The van der Waals surface area contributed by atoms with E-state index in [0.29, 0.717) is 17.6 Å². The van der Waals surface area contributed by atoms with Crippen LogP contribution in [0.25, 0.3) is 72.8 Å². The van der Waals surface area contributed by atoms with E-state index in [9.17, 15) is 0 Å². The molecule has 0 N–H and O–H groups in total. The predicted octanol–water partition coefficient (Wildman–Crippen LogP) is 12.0. The summed E-state index contributed by atoms with van der Waals surface area (Å²) < 4.78 is 20.0. The molecule has 1 aliphatic heterocycles. The summed E-state index contributed by atoms with van der Waals surface area (Å²) in [6.45, 7) is 0. The number of aromatic nitrogens is 4. The first-order valence-corrected chi connectivity index (χ1v) is 21.0. The Labute approximate surface area is 335 Å². The van der Waals surface area contributed by atoms with Gasteiger partial charge in [-0.15, -0.1) is 0 Å². The fourth-order valence-corrected chi connectivity index (χ4v) is 11.4. The lowest BCUT2D eigenvalue weighted by Crippen LogP contribution is -2.33. The quantitative estimate of drug-likeness (QED) is 0.158. The molecule has 0 saturated carbocycles. The van der Waals surface area contributed by atoms with Crippen molar-refractivity contribution < 1.29 is 4.57 Å². The van der Waals surface area contributed by atoms with Gasteiger partial charge in [-0.3, -0.25) is 13.8 Å². The fourth-order valence-electron chi connectivity index (χ4n) is 8.36. The molecule has 0 spiro atoms. The number of para-hydroxylation sites is 2. The van der Waals surface area contributed by atoms with Gasteiger partial charge in [0.2, 0.25) is 13.2 Å². The molecule has 0 radical (unpaired) electrons. The lowest BCUT2D eigenvalue weighted by Gasteiger charge is -2.40. The van der Waals surface area contributed by atoms with Crippen molar-refractivity contribution in [2.24, 2.45) is 0 Å². The highest BCUT2D eigenvalue weighted by Gasteiger charge is 2.42. The molecule has 0 bridgehead atoms. The normalized spacial score (nSPS) is 14.7. The van der Waals surface area contributed by atoms with Gasteiger partial charge in [-0.25, -0.2) is 4.98 Å². The van der Waals surface area contributed by atoms with Gasteiger partial charge in [0.25, 0.3) is 0 Å². The van der Waals surface area contributed by atoms with Crippen molar-refractivity contribution in [3.63, 3.8) is 0 Å². The van der Waals surface area contributed by atoms with Crippen molar-refractivity contribution in [2.75, 3.05) is 4.67 Å². The minimum Gasteiger partial charge on any atom is -0.289 e. The molecule has 2 aromatic heterocycles. The van der Waals surface area contributed by atoms with Crippen LogP contribution in [0.5, 0.6) is 0 Å². The monoisotopic (exact) mass is 763 g/mol. The summed E-state index contributed by atoms with van der Waals surface area (Å²) in [7, 11) is -3.33. The van der Waals surface area contributed by atoms with Crippen molar-refractivity contribution in [3.05, 3.63) is 206 Å². The third-order valence-electron chi connectivity index (χ3n) is 11.0. The second-order valence-electron chi connectivity index (χ2n) is 14.4. The van der Waals surface area contributed by atoms with E-state index in [0.717, 1.165) is 77.2 Å². The first-order valence-electron chi connectivity index (χ1n) is 19.3. The molecular formula is C51H34N5OP. The molecule has 0 aliphatic carbocycles. The van der Waals surface area contributed by atoms with Gasteiger partial charge in [-0.2, -0.15) is 9.97 Å². The SMILES string of the molecule is O=P1(c2ccccc2)c2ccccc2-c2cc(-c3ccc4c(c3)c3ccccc3n4-c3nc(-c4ccccc4)nc(-c4ccccc4)n3)ccc2N1c1ccccc1. The Morgan fingerprint density at radius 3 is 1.67 bits per heavy atom. The Morgan fingerprint density at radius 2 is 0.966 bits per heavy atom. The molecule has 274 valence electrons. The van der Waals surface area contributed by atoms with Gasteiger partial charge in [0, 0.05) is 43.8 Å². The van der Waals surface area contributed by atoms with Crippen LogP contribution in [-0.4, -0.2) is 19.5 Å². The lowest BCUT2D eigenvalue weighted by molar-refractivity contribution is 0.587. The number of anilines is 2. The highest BCUT2D eigenvalue weighted by Crippen LogP contribution is 2.61. The van der Waals surface area contributed by atoms with Crippen molar-refractivity contribution in [2.45, 2.75) is 0 Å². The van der Waals surface area contributed by atoms with Crippen LogP contribution in [0.1, 0.15) is 0 Å². The van der Waals surface area contributed by atoms with Crippen LogP contribution in [-0.2, 0) is 4.57 Å². The molecule has 1 aliphatic rings. The molecule has 0 saturated heterocycles. The zero-order valence-corrected chi connectivity index (χ0v) is 32.1. The van der Waals surface area contributed by atoms with Crippen molar-refractivity contribution in [3.8, 4) is 51.0 Å². The second-order valence-corrected chi connectivity index (χ2v) is 17.0. The number of hydrogen-bond donors (Lipinski definition) is 0.